The number of ether oxygens (including phenoxy) is 1. The standard InChI is InChI=1S/C12H24N2O2/c1-10-6-11(2)9-14(8-10)12(15)7-13-4-5-16-3/h10-11,13H,4-9H2,1-3H3. The number of piperidine rings is 1. The Morgan fingerprint density at radius 3 is 2.56 bits per heavy atom. The number of nitrogens with zero attached hydrogens (tertiary/aromatic N) is 1. The van der Waals surface area contributed by atoms with Crippen molar-refractivity contribution in [1.82, 2.24) is 10.2 Å². The van der Waals surface area contributed by atoms with E-state index in [-0.39, 0.29) is 5.91 Å². The highest BCUT2D eigenvalue weighted by Crippen LogP contribution is 2.20. The minimum atomic E-state index is 0.217. The second-order valence-corrected chi connectivity index (χ2v) is 4.91. The molecule has 2 atom stereocenters. The van der Waals surface area contributed by atoms with Gasteiger partial charge in [-0.1, -0.05) is 13.8 Å². The maximum atomic E-state index is 11.9. The Bertz CT molecular complexity index is 211. The molecule has 0 bridgehead atoms. The first-order valence-corrected chi connectivity index (χ1v) is 6.11. The number of nitrogens with one attached hydrogen (secondary N) is 1. The summed E-state index contributed by atoms with van der Waals surface area (Å²) in [5, 5.41) is 3.10. The second-order valence-electron chi connectivity index (χ2n) is 4.91. The van der Waals surface area contributed by atoms with Gasteiger partial charge in [-0.05, 0) is 18.3 Å². The van der Waals surface area contributed by atoms with Crippen molar-refractivity contribution >= 4 is 5.91 Å². The largest absolute Gasteiger partial charge is 0.383 e. The maximum Gasteiger partial charge on any atom is 0.236 e. The van der Waals surface area contributed by atoms with Crippen molar-refractivity contribution in [3.05, 3.63) is 0 Å². The van der Waals surface area contributed by atoms with Gasteiger partial charge in [-0.3, -0.25) is 4.79 Å². The van der Waals surface area contributed by atoms with Gasteiger partial charge in [-0.15, -0.1) is 0 Å². The molecular weight excluding hydrogens is 204 g/mol. The molecule has 1 aliphatic rings. The predicted octanol–water partition coefficient (Wildman–Crippen LogP) is 0.727. The molecule has 0 aromatic heterocycles. The Labute approximate surface area is 98.3 Å². The SMILES string of the molecule is COCCNCC(=O)N1CC(C)CC(C)C1. The molecule has 0 aromatic rings. The molecule has 0 saturated carbocycles. The molecule has 1 saturated heterocycles. The van der Waals surface area contributed by atoms with E-state index < -0.39 is 0 Å². The van der Waals surface area contributed by atoms with Gasteiger partial charge in [-0.2, -0.15) is 0 Å². The summed E-state index contributed by atoms with van der Waals surface area (Å²) in [5.74, 6) is 1.48. The van der Waals surface area contributed by atoms with Crippen LogP contribution in [0, 0.1) is 11.8 Å². The summed E-state index contributed by atoms with van der Waals surface area (Å²) in [5.41, 5.74) is 0. The van der Waals surface area contributed by atoms with E-state index in [4.69, 9.17) is 4.74 Å². The molecule has 0 radical (unpaired) electrons. The van der Waals surface area contributed by atoms with Crippen molar-refractivity contribution in [3.8, 4) is 0 Å². The van der Waals surface area contributed by atoms with Crippen LogP contribution in [0.15, 0.2) is 0 Å². The van der Waals surface area contributed by atoms with Crippen molar-refractivity contribution in [2.45, 2.75) is 20.3 Å². The number of carbonyl (C=O) groups is 1. The molecule has 1 fully saturated rings. The van der Waals surface area contributed by atoms with Crippen molar-refractivity contribution < 1.29 is 9.53 Å². The first-order chi connectivity index (χ1) is 7.63. The smallest absolute Gasteiger partial charge is 0.236 e. The minimum absolute atomic E-state index is 0.217. The number of amides is 1. The fraction of sp³-hybridized carbons (Fsp3) is 0.917. The topological polar surface area (TPSA) is 41.6 Å². The summed E-state index contributed by atoms with van der Waals surface area (Å²) < 4.78 is 4.92. The van der Waals surface area contributed by atoms with Crippen molar-refractivity contribution in [3.63, 3.8) is 0 Å². The zero-order valence-electron chi connectivity index (χ0n) is 10.7. The first kappa shape index (κ1) is 13.5. The lowest BCUT2D eigenvalue weighted by Crippen LogP contribution is -2.46. The van der Waals surface area contributed by atoms with Crippen LogP contribution in [0.25, 0.3) is 0 Å². The molecule has 1 rings (SSSR count). The first-order valence-electron chi connectivity index (χ1n) is 6.11. The molecular formula is C12H24N2O2. The molecule has 4 heteroatoms. The van der Waals surface area contributed by atoms with E-state index in [2.05, 4.69) is 19.2 Å². The van der Waals surface area contributed by atoms with Crippen LogP contribution in [0.4, 0.5) is 0 Å². The normalized spacial score (nSPS) is 25.8. The summed E-state index contributed by atoms with van der Waals surface area (Å²) in [4.78, 5) is 13.9. The van der Waals surface area contributed by atoms with Gasteiger partial charge in [0.25, 0.3) is 0 Å². The number of hydrogen-bond acceptors (Lipinski definition) is 3. The Morgan fingerprint density at radius 1 is 1.38 bits per heavy atom. The molecule has 4 nitrogen and oxygen atoms in total. The van der Waals surface area contributed by atoms with E-state index in [0.717, 1.165) is 19.6 Å². The summed E-state index contributed by atoms with van der Waals surface area (Å²) in [7, 11) is 1.66. The lowest BCUT2D eigenvalue weighted by molar-refractivity contribution is -0.132. The Hall–Kier alpha value is -0.610. The molecule has 1 amide bonds. The van der Waals surface area contributed by atoms with Crippen LogP contribution in [0.1, 0.15) is 20.3 Å². The van der Waals surface area contributed by atoms with Crippen molar-refractivity contribution in [1.29, 1.82) is 0 Å². The van der Waals surface area contributed by atoms with Crippen molar-refractivity contribution in [2.75, 3.05) is 39.9 Å². The Kier molecular flexibility index (Phi) is 5.77. The van der Waals surface area contributed by atoms with Crippen LogP contribution in [-0.4, -0.2) is 50.7 Å². The number of hydrogen-bond donors (Lipinski definition) is 1. The zero-order valence-corrected chi connectivity index (χ0v) is 10.7. The number of rotatable bonds is 5. The quantitative estimate of drug-likeness (QED) is 0.705. The number of carbonyl (C=O) groups excluding carboxylic acids is 1. The van der Waals surface area contributed by atoms with Crippen LogP contribution < -0.4 is 5.32 Å². The van der Waals surface area contributed by atoms with E-state index in [1.165, 1.54) is 6.42 Å². The zero-order chi connectivity index (χ0) is 12.0. The molecule has 16 heavy (non-hydrogen) atoms. The lowest BCUT2D eigenvalue weighted by Gasteiger charge is -2.35. The summed E-state index contributed by atoms with van der Waals surface area (Å²) in [6.07, 6.45) is 1.24. The molecule has 1 heterocycles. The number of methoxy groups -OCH3 is 1. The van der Waals surface area contributed by atoms with E-state index in [9.17, 15) is 4.79 Å². The van der Waals surface area contributed by atoms with E-state index in [1.807, 2.05) is 4.90 Å². The van der Waals surface area contributed by atoms with Crippen LogP contribution in [0.5, 0.6) is 0 Å². The highest BCUT2D eigenvalue weighted by atomic mass is 16.5. The van der Waals surface area contributed by atoms with Crippen LogP contribution in [0.2, 0.25) is 0 Å². The third kappa shape index (κ3) is 4.49. The van der Waals surface area contributed by atoms with Crippen molar-refractivity contribution in [2.24, 2.45) is 11.8 Å². The average molecular weight is 228 g/mol. The van der Waals surface area contributed by atoms with Gasteiger partial charge in [0.2, 0.25) is 5.91 Å². The van der Waals surface area contributed by atoms with Crippen LogP contribution in [0.3, 0.4) is 0 Å². The van der Waals surface area contributed by atoms with Gasteiger partial charge in [-0.25, -0.2) is 0 Å². The molecule has 0 spiro atoms. The Balaban J connectivity index is 2.24. The lowest BCUT2D eigenvalue weighted by atomic mass is 9.92. The predicted molar refractivity (Wildman–Crippen MR) is 64.3 cm³/mol. The van der Waals surface area contributed by atoms with Gasteiger partial charge in [0.15, 0.2) is 0 Å². The van der Waals surface area contributed by atoms with E-state index >= 15 is 0 Å². The van der Waals surface area contributed by atoms with Gasteiger partial charge in [0.1, 0.15) is 0 Å². The maximum absolute atomic E-state index is 11.9. The third-order valence-corrected chi connectivity index (χ3v) is 2.98. The molecule has 0 aliphatic carbocycles. The summed E-state index contributed by atoms with van der Waals surface area (Å²) >= 11 is 0. The minimum Gasteiger partial charge on any atom is -0.383 e. The van der Waals surface area contributed by atoms with Gasteiger partial charge >= 0.3 is 0 Å². The monoisotopic (exact) mass is 228 g/mol. The molecule has 94 valence electrons. The third-order valence-electron chi connectivity index (χ3n) is 2.98. The summed E-state index contributed by atoms with van der Waals surface area (Å²) in [6, 6.07) is 0. The van der Waals surface area contributed by atoms with Gasteiger partial charge in [0.05, 0.1) is 13.2 Å². The van der Waals surface area contributed by atoms with Crippen LogP contribution >= 0.6 is 0 Å². The molecule has 0 aromatic carbocycles. The molecule has 2 unspecified atom stereocenters. The molecule has 1 N–H and O–H groups in total. The fourth-order valence-electron chi connectivity index (χ4n) is 2.35. The average Bonchev–Trinajstić information content (AvgIpc) is 2.22. The van der Waals surface area contributed by atoms with Gasteiger partial charge in [0, 0.05) is 26.7 Å². The van der Waals surface area contributed by atoms with E-state index in [1.54, 1.807) is 7.11 Å². The number of likely N-dealkylation sites (tertiary alicyclic amines) is 1. The molecule has 1 aliphatic heterocycles. The highest BCUT2D eigenvalue weighted by Gasteiger charge is 2.24. The Morgan fingerprint density at radius 2 is 2.00 bits per heavy atom. The second kappa shape index (κ2) is 6.86. The van der Waals surface area contributed by atoms with Gasteiger partial charge < -0.3 is 15.0 Å². The summed E-state index contributed by atoms with van der Waals surface area (Å²) in [6.45, 7) is 8.08. The van der Waals surface area contributed by atoms with Crippen LogP contribution in [-0.2, 0) is 9.53 Å². The fourth-order valence-corrected chi connectivity index (χ4v) is 2.35. The van der Waals surface area contributed by atoms with E-state index in [0.29, 0.717) is 25.0 Å². The highest BCUT2D eigenvalue weighted by molar-refractivity contribution is 5.78.